The molecule has 0 amide bonds. The van der Waals surface area contributed by atoms with Crippen LogP contribution in [0.5, 0.6) is 0 Å². The summed E-state index contributed by atoms with van der Waals surface area (Å²) in [5.74, 6) is 1.25. The van der Waals surface area contributed by atoms with Crippen molar-refractivity contribution in [2.75, 3.05) is 0 Å². The van der Waals surface area contributed by atoms with Crippen LogP contribution >= 0.6 is 0 Å². The second-order valence-electron chi connectivity index (χ2n) is 18.5. The molecule has 0 saturated heterocycles. The molecule has 329 valence electrons. The standard InChI is InChI=1S/C45H36N3O.C14H16NSi.Ir/c1-26(2)36-24-30(29-12-7-6-8-13-29)25-37(27(3)4)43(36)48-40-17-10-9-16-39(40)47-45(48)35-15-11-14-34-42-33-20-22-38-32(19-18-28(5)46-38)31(33)21-23-41(42)49-44(34)35;1-16(2,3)13-9-10-14(15-11-13)12-7-5-4-6-8-12;/h6-14,16-27H,1-5H3;4-7,9-11H,1-3H3;/q2*-1;/i5D3;;. The molecule has 0 atom stereocenters. The van der Waals surface area contributed by atoms with E-state index < -0.39 is 14.9 Å². The van der Waals surface area contributed by atoms with Crippen LogP contribution in [-0.4, -0.2) is 27.6 Å². The van der Waals surface area contributed by atoms with Crippen LogP contribution in [-0.2, 0) is 20.1 Å². The van der Waals surface area contributed by atoms with Crippen LogP contribution in [0.4, 0.5) is 0 Å². The summed E-state index contributed by atoms with van der Waals surface area (Å²) >= 11 is 0. The van der Waals surface area contributed by atoms with Crippen LogP contribution in [0.1, 0.15) is 60.5 Å². The average Bonchev–Trinajstić information content (AvgIpc) is 3.93. The molecule has 0 fully saturated rings. The van der Waals surface area contributed by atoms with Gasteiger partial charge in [0.1, 0.15) is 5.58 Å². The van der Waals surface area contributed by atoms with E-state index in [4.69, 9.17) is 13.5 Å². The van der Waals surface area contributed by atoms with Gasteiger partial charge in [-0.1, -0.05) is 125 Å². The van der Waals surface area contributed by atoms with E-state index >= 15 is 0 Å². The third-order valence-corrected chi connectivity index (χ3v) is 14.4. The second kappa shape index (κ2) is 18.1. The molecule has 0 aliphatic heterocycles. The summed E-state index contributed by atoms with van der Waals surface area (Å²) in [6, 6.07) is 58.1. The van der Waals surface area contributed by atoms with Crippen molar-refractivity contribution in [3.63, 3.8) is 0 Å². The molecule has 5 nitrogen and oxygen atoms in total. The van der Waals surface area contributed by atoms with Crippen LogP contribution in [0.25, 0.3) is 94.1 Å². The Balaban J connectivity index is 0.000000296. The van der Waals surface area contributed by atoms with E-state index in [0.29, 0.717) is 5.52 Å². The van der Waals surface area contributed by atoms with E-state index in [1.165, 1.54) is 27.4 Å². The number of imidazole rings is 1. The predicted molar refractivity (Wildman–Crippen MR) is 275 cm³/mol. The fourth-order valence-corrected chi connectivity index (χ4v) is 10.0. The van der Waals surface area contributed by atoms with Crippen LogP contribution in [0.15, 0.2) is 162 Å². The smallest absolute Gasteiger partial charge is 0.121 e. The normalized spacial score (nSPS) is 12.7. The molecule has 0 unspecified atom stereocenters. The minimum Gasteiger partial charge on any atom is -0.501 e. The Bertz CT molecular complexity index is 3620. The number of pyridine rings is 2. The monoisotopic (exact) mass is 1060 g/mol. The fourth-order valence-electron chi connectivity index (χ4n) is 9.01. The molecule has 0 bridgehead atoms. The second-order valence-corrected chi connectivity index (χ2v) is 23.5. The zero-order valence-electron chi connectivity index (χ0n) is 41.2. The molecular weight excluding hydrogens is 1000 g/mol. The first-order valence-electron chi connectivity index (χ1n) is 23.9. The van der Waals surface area contributed by atoms with E-state index in [1.807, 2.05) is 72.9 Å². The van der Waals surface area contributed by atoms with E-state index in [-0.39, 0.29) is 37.6 Å². The van der Waals surface area contributed by atoms with Crippen molar-refractivity contribution in [3.05, 3.63) is 187 Å². The molecule has 7 heteroatoms. The minimum absolute atomic E-state index is 0. The van der Waals surface area contributed by atoms with Crippen molar-refractivity contribution in [1.82, 2.24) is 19.5 Å². The summed E-state index contributed by atoms with van der Waals surface area (Å²) < 4.78 is 32.6. The van der Waals surface area contributed by atoms with Crippen molar-refractivity contribution < 1.29 is 28.6 Å². The number of aromatic nitrogens is 4. The van der Waals surface area contributed by atoms with Gasteiger partial charge in [-0.2, -0.15) is 0 Å². The average molecular weight is 1060 g/mol. The number of para-hydroxylation sites is 2. The predicted octanol–water partition coefficient (Wildman–Crippen LogP) is 15.4. The van der Waals surface area contributed by atoms with Gasteiger partial charge in [-0.05, 0) is 111 Å². The molecule has 11 aromatic rings. The third kappa shape index (κ3) is 8.21. The Morgan fingerprint density at radius 2 is 1.36 bits per heavy atom. The molecule has 4 aromatic heterocycles. The van der Waals surface area contributed by atoms with Crippen molar-refractivity contribution in [2.24, 2.45) is 0 Å². The van der Waals surface area contributed by atoms with Crippen LogP contribution in [0, 0.1) is 19.0 Å². The first-order chi connectivity index (χ1) is 32.7. The van der Waals surface area contributed by atoms with Crippen LogP contribution in [0.2, 0.25) is 19.6 Å². The van der Waals surface area contributed by atoms with Crippen LogP contribution in [0.3, 0.4) is 0 Å². The molecule has 1 radical (unpaired) electrons. The largest absolute Gasteiger partial charge is 0.501 e. The summed E-state index contributed by atoms with van der Waals surface area (Å²) in [7, 11) is -1.23. The minimum atomic E-state index is -2.27. The van der Waals surface area contributed by atoms with Crippen molar-refractivity contribution in [1.29, 1.82) is 0 Å². The Labute approximate surface area is 406 Å². The van der Waals surface area contributed by atoms with Gasteiger partial charge in [-0.25, -0.2) is 0 Å². The summed E-state index contributed by atoms with van der Waals surface area (Å²) in [4.78, 5) is 14.3. The summed E-state index contributed by atoms with van der Waals surface area (Å²) in [6.45, 7) is 13.8. The maximum Gasteiger partial charge on any atom is 0.121 e. The van der Waals surface area contributed by atoms with Crippen molar-refractivity contribution >= 4 is 67.9 Å². The number of benzene rings is 7. The van der Waals surface area contributed by atoms with Gasteiger partial charge in [0.25, 0.3) is 0 Å². The number of fused-ring (bicyclic) bond motifs is 8. The summed E-state index contributed by atoms with van der Waals surface area (Å²) in [5, 5.41) is 6.25. The molecule has 66 heavy (non-hydrogen) atoms. The quantitative estimate of drug-likeness (QED) is 0.0907. The number of aryl methyl sites for hydroxylation is 1. The Morgan fingerprint density at radius 1 is 0.636 bits per heavy atom. The third-order valence-electron chi connectivity index (χ3n) is 12.4. The molecule has 0 saturated carbocycles. The van der Waals surface area contributed by atoms with Gasteiger partial charge < -0.3 is 14.0 Å². The Hall–Kier alpha value is -6.50. The van der Waals surface area contributed by atoms with Crippen molar-refractivity contribution in [3.8, 4) is 39.5 Å². The first-order valence-corrected chi connectivity index (χ1v) is 25.9. The van der Waals surface area contributed by atoms with Gasteiger partial charge in [-0.3, -0.25) is 9.97 Å². The van der Waals surface area contributed by atoms with Gasteiger partial charge in [0.15, 0.2) is 0 Å². The van der Waals surface area contributed by atoms with Gasteiger partial charge >= 0.3 is 0 Å². The molecule has 0 aliphatic carbocycles. The number of hydrogen-bond donors (Lipinski definition) is 0. The summed E-state index contributed by atoms with van der Waals surface area (Å²) in [5.41, 5.74) is 13.0. The molecule has 4 heterocycles. The fraction of sp³-hybridized carbons (Fsp3) is 0.169. The molecule has 7 aromatic carbocycles. The number of rotatable bonds is 7. The van der Waals surface area contributed by atoms with Gasteiger partial charge in [0.2, 0.25) is 0 Å². The topological polar surface area (TPSA) is 56.7 Å². The number of hydrogen-bond acceptors (Lipinski definition) is 4. The number of furan rings is 1. The zero-order chi connectivity index (χ0) is 47.5. The maximum absolute atomic E-state index is 7.84. The van der Waals surface area contributed by atoms with Gasteiger partial charge in [0, 0.05) is 52.6 Å². The van der Waals surface area contributed by atoms with Crippen LogP contribution < -0.4 is 5.19 Å². The van der Waals surface area contributed by atoms with E-state index in [0.717, 1.165) is 77.5 Å². The maximum atomic E-state index is 7.84. The Kier molecular flexibility index (Phi) is 11.2. The van der Waals surface area contributed by atoms with E-state index in [1.54, 1.807) is 6.07 Å². The number of nitrogens with zero attached hydrogens (tertiary/aromatic N) is 4. The SMILES string of the molecule is C[Si](C)(C)c1ccc(-c2[c-]cccc2)nc1.[2H]C([2H])([2H])c1ccc2c(ccc3c2ccc2oc4c(-c5nc6ccccc6n5-c5c(C(C)C)cc(-c6ccccc6)cc5C(C)C)[c-]ccc4c23)n1.[Ir]. The summed E-state index contributed by atoms with van der Waals surface area (Å²) in [6.07, 6.45) is 2.02. The molecule has 11 rings (SSSR count). The van der Waals surface area contributed by atoms with E-state index in [2.05, 4.69) is 153 Å². The van der Waals surface area contributed by atoms with E-state index in [9.17, 15) is 0 Å². The zero-order valence-corrected chi connectivity index (χ0v) is 41.6. The van der Waals surface area contributed by atoms with Gasteiger partial charge in [0.05, 0.1) is 36.0 Å². The Morgan fingerprint density at radius 3 is 2.06 bits per heavy atom. The molecule has 0 spiro atoms. The first kappa shape index (κ1) is 41.0. The van der Waals surface area contributed by atoms with Gasteiger partial charge in [-0.15, -0.1) is 54.1 Å². The molecule has 0 N–H and O–H groups in total. The molecule has 0 aliphatic rings. The molecular formula is C59H52IrN4OSi-2. The van der Waals surface area contributed by atoms with Crippen molar-refractivity contribution in [2.45, 2.75) is 66.0 Å².